The predicted molar refractivity (Wildman–Crippen MR) is 75.5 cm³/mol. The van der Waals surface area contributed by atoms with Crippen molar-refractivity contribution in [2.24, 2.45) is 5.92 Å². The molecule has 2 rings (SSSR count). The zero-order valence-electron chi connectivity index (χ0n) is 11.4. The van der Waals surface area contributed by atoms with Gasteiger partial charge in [-0.25, -0.2) is 0 Å². The Balaban J connectivity index is 2.10. The number of rotatable bonds is 3. The molecule has 1 heteroatoms. The molecule has 0 bridgehead atoms. The average Bonchev–Trinajstić information content (AvgIpc) is 2.56. The van der Waals surface area contributed by atoms with Gasteiger partial charge in [0.05, 0.1) is 8.07 Å². The maximum absolute atomic E-state index is 2.57. The molecule has 0 nitrogen and oxygen atoms in total. The molecule has 16 heavy (non-hydrogen) atoms. The first-order valence-corrected chi connectivity index (χ1v) is 10.4. The molecule has 1 unspecified atom stereocenters. The molecule has 0 aromatic rings. The Morgan fingerprint density at radius 1 is 1.25 bits per heavy atom. The quantitative estimate of drug-likeness (QED) is 0.592. The van der Waals surface area contributed by atoms with Crippen LogP contribution in [-0.2, 0) is 0 Å². The van der Waals surface area contributed by atoms with E-state index >= 15 is 0 Å². The Morgan fingerprint density at radius 3 is 2.56 bits per heavy atom. The standard InChI is InChI=1S/C15H26Si/c1-5-16(3,4)11-14-10-13-8-6-7-9-15(13)12(14)2/h10,12H,5-9,11H2,1-4H3. The van der Waals surface area contributed by atoms with Crippen LogP contribution in [-0.4, -0.2) is 8.07 Å². The largest absolute Gasteiger partial charge is 0.0691 e. The summed E-state index contributed by atoms with van der Waals surface area (Å²) in [7, 11) is -0.943. The van der Waals surface area contributed by atoms with Gasteiger partial charge in [0.15, 0.2) is 0 Å². The van der Waals surface area contributed by atoms with Crippen molar-refractivity contribution in [3.8, 4) is 0 Å². The Bertz CT molecular complexity index is 333. The van der Waals surface area contributed by atoms with Gasteiger partial charge in [-0.05, 0) is 43.2 Å². The van der Waals surface area contributed by atoms with Crippen LogP contribution in [0.1, 0.15) is 39.5 Å². The first kappa shape index (κ1) is 12.2. The van der Waals surface area contributed by atoms with Crippen molar-refractivity contribution < 1.29 is 0 Å². The molecule has 0 saturated carbocycles. The summed E-state index contributed by atoms with van der Waals surface area (Å²) < 4.78 is 0. The van der Waals surface area contributed by atoms with Crippen LogP contribution in [0.25, 0.3) is 0 Å². The van der Waals surface area contributed by atoms with Gasteiger partial charge in [-0.3, -0.25) is 0 Å². The maximum Gasteiger partial charge on any atom is 0.0511 e. The van der Waals surface area contributed by atoms with Gasteiger partial charge < -0.3 is 0 Å². The van der Waals surface area contributed by atoms with Crippen LogP contribution in [0.5, 0.6) is 0 Å². The highest BCUT2D eigenvalue weighted by Crippen LogP contribution is 2.43. The summed E-state index contributed by atoms with van der Waals surface area (Å²) in [5.74, 6) is 0.786. The molecular weight excluding hydrogens is 208 g/mol. The number of allylic oxidation sites excluding steroid dienone is 4. The highest BCUT2D eigenvalue weighted by molar-refractivity contribution is 6.77. The Morgan fingerprint density at radius 2 is 1.94 bits per heavy atom. The highest BCUT2D eigenvalue weighted by Gasteiger charge is 2.29. The molecule has 2 aliphatic rings. The van der Waals surface area contributed by atoms with Crippen LogP contribution in [0.3, 0.4) is 0 Å². The van der Waals surface area contributed by atoms with Gasteiger partial charge in [0.25, 0.3) is 0 Å². The molecule has 1 atom stereocenters. The van der Waals surface area contributed by atoms with Gasteiger partial charge in [0.1, 0.15) is 0 Å². The topological polar surface area (TPSA) is 0 Å². The predicted octanol–water partition coefficient (Wildman–Crippen LogP) is 5.16. The summed E-state index contributed by atoms with van der Waals surface area (Å²) in [4.78, 5) is 0. The van der Waals surface area contributed by atoms with Crippen molar-refractivity contribution in [3.63, 3.8) is 0 Å². The summed E-state index contributed by atoms with van der Waals surface area (Å²) in [6.45, 7) is 9.90. The van der Waals surface area contributed by atoms with Gasteiger partial charge in [0.2, 0.25) is 0 Å². The summed E-state index contributed by atoms with van der Waals surface area (Å²) in [5, 5.41) is 0. The van der Waals surface area contributed by atoms with Crippen molar-refractivity contribution in [1.82, 2.24) is 0 Å². The zero-order valence-corrected chi connectivity index (χ0v) is 12.4. The van der Waals surface area contributed by atoms with E-state index in [1.54, 1.807) is 16.7 Å². The van der Waals surface area contributed by atoms with Gasteiger partial charge >= 0.3 is 0 Å². The Hall–Kier alpha value is -0.303. The summed E-state index contributed by atoms with van der Waals surface area (Å²) in [6.07, 6.45) is 8.16. The van der Waals surface area contributed by atoms with E-state index in [1.165, 1.54) is 37.8 Å². The summed E-state index contributed by atoms with van der Waals surface area (Å²) >= 11 is 0. The van der Waals surface area contributed by atoms with E-state index in [4.69, 9.17) is 0 Å². The third kappa shape index (κ3) is 2.34. The van der Waals surface area contributed by atoms with Crippen molar-refractivity contribution >= 4 is 8.07 Å². The fourth-order valence-corrected chi connectivity index (χ4v) is 4.83. The molecule has 0 heterocycles. The second-order valence-electron chi connectivity index (χ2n) is 6.39. The van der Waals surface area contributed by atoms with Crippen LogP contribution >= 0.6 is 0 Å². The number of hydrogen-bond acceptors (Lipinski definition) is 0. The normalized spacial score (nSPS) is 25.8. The number of hydrogen-bond donors (Lipinski definition) is 0. The van der Waals surface area contributed by atoms with Crippen molar-refractivity contribution in [2.45, 2.75) is 64.7 Å². The van der Waals surface area contributed by atoms with E-state index in [9.17, 15) is 0 Å². The Labute approximate surface area is 102 Å². The molecule has 0 amide bonds. The van der Waals surface area contributed by atoms with E-state index < -0.39 is 8.07 Å². The SMILES string of the molecule is CC[Si](C)(C)CC1=CC2=C(CCCC2)C1C. The minimum Gasteiger partial charge on any atom is -0.0691 e. The highest BCUT2D eigenvalue weighted by atomic mass is 28.3. The van der Waals surface area contributed by atoms with E-state index in [2.05, 4.69) is 33.0 Å². The van der Waals surface area contributed by atoms with Crippen LogP contribution < -0.4 is 0 Å². The maximum atomic E-state index is 2.57. The molecule has 0 saturated heterocycles. The first-order valence-electron chi connectivity index (χ1n) is 6.96. The summed E-state index contributed by atoms with van der Waals surface area (Å²) in [5.41, 5.74) is 5.28. The average molecular weight is 234 g/mol. The molecule has 0 spiro atoms. The second kappa shape index (κ2) is 4.52. The lowest BCUT2D eigenvalue weighted by molar-refractivity contribution is 0.636. The molecular formula is C15H26Si. The van der Waals surface area contributed by atoms with E-state index in [0.29, 0.717) is 0 Å². The molecule has 0 fully saturated rings. The van der Waals surface area contributed by atoms with E-state index in [1.807, 2.05) is 0 Å². The molecule has 0 N–H and O–H groups in total. The van der Waals surface area contributed by atoms with Crippen molar-refractivity contribution in [2.75, 3.05) is 0 Å². The fraction of sp³-hybridized carbons (Fsp3) is 0.733. The molecule has 0 radical (unpaired) electrons. The van der Waals surface area contributed by atoms with Gasteiger partial charge in [-0.1, -0.05) is 50.2 Å². The Kier molecular flexibility index (Phi) is 3.44. The molecule has 90 valence electrons. The third-order valence-electron chi connectivity index (χ3n) is 4.63. The molecule has 2 aliphatic carbocycles. The smallest absolute Gasteiger partial charge is 0.0511 e. The minimum absolute atomic E-state index is 0.786. The first-order chi connectivity index (χ1) is 7.53. The van der Waals surface area contributed by atoms with E-state index in [0.717, 1.165) is 5.92 Å². The molecule has 0 aromatic carbocycles. The van der Waals surface area contributed by atoms with Crippen LogP contribution in [0, 0.1) is 5.92 Å². The molecule has 0 aliphatic heterocycles. The van der Waals surface area contributed by atoms with Crippen molar-refractivity contribution in [3.05, 3.63) is 22.8 Å². The monoisotopic (exact) mass is 234 g/mol. The lowest BCUT2D eigenvalue weighted by Gasteiger charge is -2.24. The zero-order chi connectivity index (χ0) is 11.8. The second-order valence-corrected chi connectivity index (χ2v) is 11.8. The van der Waals surface area contributed by atoms with Gasteiger partial charge in [0, 0.05) is 0 Å². The summed E-state index contributed by atoms with van der Waals surface area (Å²) in [6, 6.07) is 2.85. The van der Waals surface area contributed by atoms with Gasteiger partial charge in [-0.15, -0.1) is 0 Å². The van der Waals surface area contributed by atoms with Crippen molar-refractivity contribution in [1.29, 1.82) is 0 Å². The van der Waals surface area contributed by atoms with Crippen LogP contribution in [0.15, 0.2) is 22.8 Å². The van der Waals surface area contributed by atoms with Crippen LogP contribution in [0.2, 0.25) is 25.2 Å². The third-order valence-corrected chi connectivity index (χ3v) is 7.91. The lowest BCUT2D eigenvalue weighted by Crippen LogP contribution is -2.25. The van der Waals surface area contributed by atoms with E-state index in [-0.39, 0.29) is 0 Å². The van der Waals surface area contributed by atoms with Gasteiger partial charge in [-0.2, -0.15) is 0 Å². The fourth-order valence-electron chi connectivity index (χ4n) is 3.07. The lowest BCUT2D eigenvalue weighted by atomic mass is 9.88. The molecule has 0 aromatic heterocycles. The van der Waals surface area contributed by atoms with Crippen LogP contribution in [0.4, 0.5) is 0 Å². The minimum atomic E-state index is -0.943.